The Morgan fingerprint density at radius 2 is 2.42 bits per heavy atom. The van der Waals surface area contributed by atoms with E-state index in [-0.39, 0.29) is 5.41 Å². The van der Waals surface area contributed by atoms with Gasteiger partial charge in [-0.2, -0.15) is 5.26 Å². The second-order valence-electron chi connectivity index (χ2n) is 3.64. The molecule has 1 atom stereocenters. The molecular formula is C10H10N2. The van der Waals surface area contributed by atoms with Gasteiger partial charge in [-0.1, -0.05) is 6.07 Å². The summed E-state index contributed by atoms with van der Waals surface area (Å²) in [6.07, 6.45) is 3.45. The van der Waals surface area contributed by atoms with Crippen molar-refractivity contribution in [3.05, 3.63) is 29.6 Å². The fraction of sp³-hybridized carbons (Fsp3) is 0.400. The second-order valence-corrected chi connectivity index (χ2v) is 3.64. The number of hydrogen-bond donors (Lipinski definition) is 0. The summed E-state index contributed by atoms with van der Waals surface area (Å²) in [5.41, 5.74) is 2.12. The lowest BCUT2D eigenvalue weighted by atomic mass is 9.90. The van der Waals surface area contributed by atoms with Crippen LogP contribution in [0.2, 0.25) is 0 Å². The fourth-order valence-corrected chi connectivity index (χ4v) is 1.72. The van der Waals surface area contributed by atoms with Gasteiger partial charge in [-0.05, 0) is 25.0 Å². The van der Waals surface area contributed by atoms with Crippen LogP contribution in [-0.2, 0) is 12.8 Å². The van der Waals surface area contributed by atoms with Gasteiger partial charge in [-0.3, -0.25) is 4.98 Å². The normalized spacial score (nSPS) is 26.3. The van der Waals surface area contributed by atoms with Crippen LogP contribution in [0.1, 0.15) is 18.2 Å². The van der Waals surface area contributed by atoms with E-state index in [1.807, 2.05) is 13.0 Å². The highest BCUT2D eigenvalue weighted by atomic mass is 14.7. The number of hydrogen-bond acceptors (Lipinski definition) is 2. The summed E-state index contributed by atoms with van der Waals surface area (Å²) < 4.78 is 0. The molecule has 1 aliphatic carbocycles. The van der Waals surface area contributed by atoms with Crippen molar-refractivity contribution in [1.82, 2.24) is 4.98 Å². The first-order valence-electron chi connectivity index (χ1n) is 4.07. The van der Waals surface area contributed by atoms with Crippen LogP contribution in [0.15, 0.2) is 18.3 Å². The third-order valence-corrected chi connectivity index (χ3v) is 2.39. The molecule has 2 heteroatoms. The topological polar surface area (TPSA) is 36.7 Å². The van der Waals surface area contributed by atoms with Gasteiger partial charge in [0, 0.05) is 18.3 Å². The molecule has 1 aliphatic rings. The number of fused-ring (bicyclic) bond motifs is 1. The van der Waals surface area contributed by atoms with Gasteiger partial charge in [0.2, 0.25) is 0 Å². The molecule has 1 aromatic heterocycles. The minimum Gasteiger partial charge on any atom is -0.261 e. The number of nitrogens with zero attached hydrogens (tertiary/aromatic N) is 2. The van der Waals surface area contributed by atoms with E-state index in [1.165, 1.54) is 5.56 Å². The first-order chi connectivity index (χ1) is 5.73. The van der Waals surface area contributed by atoms with Gasteiger partial charge in [0.25, 0.3) is 0 Å². The largest absolute Gasteiger partial charge is 0.261 e. The number of pyridine rings is 1. The van der Waals surface area contributed by atoms with Gasteiger partial charge in [0.15, 0.2) is 0 Å². The van der Waals surface area contributed by atoms with Crippen LogP contribution in [0.3, 0.4) is 0 Å². The minimum atomic E-state index is -0.212. The van der Waals surface area contributed by atoms with Crippen LogP contribution >= 0.6 is 0 Å². The number of nitriles is 1. The third kappa shape index (κ3) is 0.984. The summed E-state index contributed by atoms with van der Waals surface area (Å²) >= 11 is 0. The molecule has 1 aromatic rings. The van der Waals surface area contributed by atoms with Crippen LogP contribution < -0.4 is 0 Å². The molecule has 2 nitrogen and oxygen atoms in total. The van der Waals surface area contributed by atoms with E-state index < -0.39 is 0 Å². The number of aromatic nitrogens is 1. The quantitative estimate of drug-likeness (QED) is 0.576. The van der Waals surface area contributed by atoms with E-state index >= 15 is 0 Å². The standard InChI is InChI=1S/C10H10N2/c1-10(7-11)5-8-3-2-4-12-9(8)6-10/h2-4H,5-6H2,1H3. The van der Waals surface area contributed by atoms with Crippen LogP contribution in [0.5, 0.6) is 0 Å². The molecule has 1 heterocycles. The maximum atomic E-state index is 8.92. The Balaban J connectivity index is 2.41. The van der Waals surface area contributed by atoms with Gasteiger partial charge in [-0.25, -0.2) is 0 Å². The lowest BCUT2D eigenvalue weighted by molar-refractivity contribution is 0.471. The Labute approximate surface area is 71.9 Å². The van der Waals surface area contributed by atoms with Crippen molar-refractivity contribution in [3.63, 3.8) is 0 Å². The maximum Gasteiger partial charge on any atom is 0.0694 e. The molecule has 12 heavy (non-hydrogen) atoms. The summed E-state index contributed by atoms with van der Waals surface area (Å²) in [6, 6.07) is 6.34. The SMILES string of the molecule is CC1(C#N)Cc2cccnc2C1. The highest BCUT2D eigenvalue weighted by molar-refractivity contribution is 5.31. The monoisotopic (exact) mass is 158 g/mol. The molecule has 0 N–H and O–H groups in total. The van der Waals surface area contributed by atoms with Crippen molar-refractivity contribution in [1.29, 1.82) is 5.26 Å². The summed E-state index contributed by atoms with van der Waals surface area (Å²) in [6.45, 7) is 1.99. The Morgan fingerprint density at radius 3 is 3.08 bits per heavy atom. The Hall–Kier alpha value is -1.36. The van der Waals surface area contributed by atoms with Crippen molar-refractivity contribution in [2.24, 2.45) is 5.41 Å². The van der Waals surface area contributed by atoms with Crippen LogP contribution in [-0.4, -0.2) is 4.98 Å². The van der Waals surface area contributed by atoms with Crippen molar-refractivity contribution in [2.45, 2.75) is 19.8 Å². The molecule has 0 aromatic carbocycles. The predicted octanol–water partition coefficient (Wildman–Crippen LogP) is 1.71. The summed E-state index contributed by atoms with van der Waals surface area (Å²) in [4.78, 5) is 4.25. The second kappa shape index (κ2) is 2.31. The molecule has 2 rings (SSSR count). The van der Waals surface area contributed by atoms with E-state index in [0.717, 1.165) is 18.5 Å². The van der Waals surface area contributed by atoms with Gasteiger partial charge in [-0.15, -0.1) is 0 Å². The Morgan fingerprint density at radius 1 is 1.58 bits per heavy atom. The predicted molar refractivity (Wildman–Crippen MR) is 45.4 cm³/mol. The zero-order valence-electron chi connectivity index (χ0n) is 7.04. The molecule has 0 amide bonds. The first kappa shape index (κ1) is 7.30. The zero-order valence-corrected chi connectivity index (χ0v) is 7.04. The molecule has 0 saturated carbocycles. The smallest absolute Gasteiger partial charge is 0.0694 e. The molecule has 0 saturated heterocycles. The summed E-state index contributed by atoms with van der Waals surface area (Å²) in [5, 5.41) is 8.92. The van der Waals surface area contributed by atoms with Crippen molar-refractivity contribution in [2.75, 3.05) is 0 Å². The van der Waals surface area contributed by atoms with Crippen LogP contribution in [0.25, 0.3) is 0 Å². The highest BCUT2D eigenvalue weighted by Gasteiger charge is 2.33. The van der Waals surface area contributed by atoms with E-state index in [1.54, 1.807) is 6.20 Å². The molecule has 0 bridgehead atoms. The summed E-state index contributed by atoms with van der Waals surface area (Å²) in [7, 11) is 0. The minimum absolute atomic E-state index is 0.212. The zero-order chi connectivity index (χ0) is 8.60. The average molecular weight is 158 g/mol. The van der Waals surface area contributed by atoms with Crippen molar-refractivity contribution < 1.29 is 0 Å². The summed E-state index contributed by atoms with van der Waals surface area (Å²) in [5.74, 6) is 0. The molecular weight excluding hydrogens is 148 g/mol. The Bertz CT molecular complexity index is 324. The van der Waals surface area contributed by atoms with E-state index in [0.29, 0.717) is 0 Å². The van der Waals surface area contributed by atoms with Gasteiger partial charge < -0.3 is 0 Å². The molecule has 1 unspecified atom stereocenters. The molecule has 0 fully saturated rings. The fourth-order valence-electron chi connectivity index (χ4n) is 1.72. The molecule has 0 spiro atoms. The van der Waals surface area contributed by atoms with E-state index in [4.69, 9.17) is 5.26 Å². The Kier molecular flexibility index (Phi) is 1.41. The van der Waals surface area contributed by atoms with Gasteiger partial charge in [0.05, 0.1) is 11.5 Å². The number of rotatable bonds is 0. The third-order valence-electron chi connectivity index (χ3n) is 2.39. The van der Waals surface area contributed by atoms with Crippen LogP contribution in [0, 0.1) is 16.7 Å². The van der Waals surface area contributed by atoms with Crippen molar-refractivity contribution in [3.8, 4) is 6.07 Å². The van der Waals surface area contributed by atoms with E-state index in [2.05, 4.69) is 17.1 Å². The molecule has 0 aliphatic heterocycles. The first-order valence-corrected chi connectivity index (χ1v) is 4.07. The lowest BCUT2D eigenvalue weighted by Crippen LogP contribution is -2.12. The molecule has 0 radical (unpaired) electrons. The van der Waals surface area contributed by atoms with Gasteiger partial charge in [0.1, 0.15) is 0 Å². The maximum absolute atomic E-state index is 8.92. The average Bonchev–Trinajstić information content (AvgIpc) is 2.42. The lowest BCUT2D eigenvalue weighted by Gasteiger charge is -2.10. The molecule has 60 valence electrons. The van der Waals surface area contributed by atoms with Crippen LogP contribution in [0.4, 0.5) is 0 Å². The van der Waals surface area contributed by atoms with Gasteiger partial charge >= 0.3 is 0 Å². The van der Waals surface area contributed by atoms with Crippen molar-refractivity contribution >= 4 is 0 Å². The van der Waals surface area contributed by atoms with E-state index in [9.17, 15) is 0 Å². The highest BCUT2D eigenvalue weighted by Crippen LogP contribution is 2.34.